The van der Waals surface area contributed by atoms with Crippen molar-refractivity contribution in [2.45, 2.75) is 41.8 Å². The maximum Gasteiger partial charge on any atom is 0.0871 e. The van der Waals surface area contributed by atoms with E-state index in [1.54, 1.807) is 0 Å². The van der Waals surface area contributed by atoms with E-state index >= 15 is 0 Å². The predicted molar refractivity (Wildman–Crippen MR) is 62.2 cm³/mol. The molecule has 2 heteroatoms. The normalized spacial score (nSPS) is 52.2. The zero-order chi connectivity index (χ0) is 9.05. The highest BCUT2D eigenvalue weighted by Crippen LogP contribution is 2.73. The molecule has 3 aliphatic carbocycles. The third-order valence-electron chi connectivity index (χ3n) is 4.29. The summed E-state index contributed by atoms with van der Waals surface area (Å²) in [6, 6.07) is 0. The summed E-state index contributed by atoms with van der Waals surface area (Å²) < 4.78 is 0.358. The Bertz CT molecular complexity index is 224. The summed E-state index contributed by atoms with van der Waals surface area (Å²) in [5.41, 5.74) is 0. The van der Waals surface area contributed by atoms with Crippen LogP contribution in [0.2, 0.25) is 0 Å². The molecule has 0 N–H and O–H groups in total. The average Bonchev–Trinajstić information content (AvgIpc) is 2.90. The molecule has 3 rings (SSSR count). The van der Waals surface area contributed by atoms with E-state index in [9.17, 15) is 0 Å². The van der Waals surface area contributed by atoms with E-state index < -0.39 is 0 Å². The van der Waals surface area contributed by atoms with Gasteiger partial charge >= 0.3 is 0 Å². The van der Waals surface area contributed by atoms with Crippen molar-refractivity contribution < 1.29 is 0 Å². The van der Waals surface area contributed by atoms with E-state index in [1.165, 1.54) is 38.5 Å². The summed E-state index contributed by atoms with van der Waals surface area (Å²) in [5.74, 6) is 4.08. The molecule has 4 atom stereocenters. The molecule has 0 heterocycles. The Morgan fingerprint density at radius 1 is 1.00 bits per heavy atom. The first-order valence-electron chi connectivity index (χ1n) is 5.59. The summed E-state index contributed by atoms with van der Waals surface area (Å²) in [7, 11) is 0. The van der Waals surface area contributed by atoms with Gasteiger partial charge in [-0.05, 0) is 36.5 Å². The standard InChI is InChI=1S/C11H16Br2/c12-11(13)9-5-3-1-2-4-7-6-8(7)10(9)11/h7-10H,1-6H2. The van der Waals surface area contributed by atoms with Crippen LogP contribution in [0.25, 0.3) is 0 Å². The molecule has 74 valence electrons. The van der Waals surface area contributed by atoms with Gasteiger partial charge in [0.15, 0.2) is 0 Å². The van der Waals surface area contributed by atoms with E-state index in [0.29, 0.717) is 3.23 Å². The molecule has 0 aromatic heterocycles. The van der Waals surface area contributed by atoms with Crippen LogP contribution in [0.1, 0.15) is 38.5 Å². The second kappa shape index (κ2) is 2.98. The van der Waals surface area contributed by atoms with Gasteiger partial charge in [0.1, 0.15) is 0 Å². The summed E-state index contributed by atoms with van der Waals surface area (Å²) >= 11 is 7.72. The van der Waals surface area contributed by atoms with Crippen LogP contribution in [0.4, 0.5) is 0 Å². The minimum Gasteiger partial charge on any atom is -0.0721 e. The fourth-order valence-electron chi connectivity index (χ4n) is 3.36. The molecule has 0 aliphatic heterocycles. The first kappa shape index (κ1) is 9.21. The first-order valence-corrected chi connectivity index (χ1v) is 7.17. The second-order valence-electron chi connectivity index (χ2n) is 5.10. The molecule has 0 amide bonds. The smallest absolute Gasteiger partial charge is 0.0721 e. The molecular formula is C11H16Br2. The third kappa shape index (κ3) is 1.43. The van der Waals surface area contributed by atoms with Gasteiger partial charge in [0.05, 0.1) is 3.23 Å². The molecule has 0 radical (unpaired) electrons. The molecule has 0 aromatic rings. The van der Waals surface area contributed by atoms with Crippen molar-refractivity contribution in [2.75, 3.05) is 0 Å². The summed E-state index contributed by atoms with van der Waals surface area (Å²) in [4.78, 5) is 0. The van der Waals surface area contributed by atoms with Gasteiger partial charge in [-0.1, -0.05) is 57.5 Å². The average molecular weight is 308 g/mol. The number of rotatable bonds is 0. The molecule has 0 aromatic carbocycles. The quantitative estimate of drug-likeness (QED) is 0.585. The monoisotopic (exact) mass is 306 g/mol. The second-order valence-corrected chi connectivity index (χ2v) is 8.79. The van der Waals surface area contributed by atoms with Crippen LogP contribution in [0.3, 0.4) is 0 Å². The van der Waals surface area contributed by atoms with Crippen molar-refractivity contribution in [3.05, 3.63) is 0 Å². The minimum absolute atomic E-state index is 0.358. The predicted octanol–water partition coefficient (Wildman–Crippen LogP) is 4.32. The Morgan fingerprint density at radius 2 is 1.77 bits per heavy atom. The fraction of sp³-hybridized carbons (Fsp3) is 1.00. The molecule has 3 aliphatic rings. The van der Waals surface area contributed by atoms with Crippen molar-refractivity contribution in [1.29, 1.82) is 0 Å². The lowest BCUT2D eigenvalue weighted by Gasteiger charge is -2.01. The van der Waals surface area contributed by atoms with Crippen LogP contribution in [0, 0.1) is 23.7 Å². The van der Waals surface area contributed by atoms with Crippen LogP contribution < -0.4 is 0 Å². The first-order chi connectivity index (χ1) is 6.21. The summed E-state index contributed by atoms with van der Waals surface area (Å²) in [6.07, 6.45) is 8.93. The maximum atomic E-state index is 3.86. The highest BCUT2D eigenvalue weighted by atomic mass is 79.9. The molecule has 3 fully saturated rings. The summed E-state index contributed by atoms with van der Waals surface area (Å²) in [6.45, 7) is 0. The van der Waals surface area contributed by atoms with Gasteiger partial charge in [-0.2, -0.15) is 0 Å². The lowest BCUT2D eigenvalue weighted by molar-refractivity contribution is 0.561. The molecule has 0 bridgehead atoms. The highest BCUT2D eigenvalue weighted by molar-refractivity contribution is 9.25. The van der Waals surface area contributed by atoms with Crippen LogP contribution in [0.5, 0.6) is 0 Å². The van der Waals surface area contributed by atoms with Crippen molar-refractivity contribution in [1.82, 2.24) is 0 Å². The largest absolute Gasteiger partial charge is 0.0871 e. The Balaban J connectivity index is 1.74. The van der Waals surface area contributed by atoms with Crippen LogP contribution >= 0.6 is 31.9 Å². The number of fused-ring (bicyclic) bond motifs is 3. The molecule has 0 saturated heterocycles. The van der Waals surface area contributed by atoms with Crippen molar-refractivity contribution in [3.63, 3.8) is 0 Å². The Kier molecular flexibility index (Phi) is 2.11. The number of halogens is 2. The van der Waals surface area contributed by atoms with Crippen LogP contribution in [-0.2, 0) is 0 Å². The van der Waals surface area contributed by atoms with E-state index in [0.717, 1.165) is 23.7 Å². The minimum atomic E-state index is 0.358. The van der Waals surface area contributed by atoms with Crippen molar-refractivity contribution in [3.8, 4) is 0 Å². The van der Waals surface area contributed by atoms with Crippen molar-refractivity contribution >= 4 is 31.9 Å². The number of alkyl halides is 2. The molecule has 0 nitrogen and oxygen atoms in total. The van der Waals surface area contributed by atoms with Gasteiger partial charge in [0.2, 0.25) is 0 Å². The molecule has 3 saturated carbocycles. The summed E-state index contributed by atoms with van der Waals surface area (Å²) in [5, 5.41) is 0. The Labute approximate surface area is 97.1 Å². The molecule has 4 unspecified atom stereocenters. The zero-order valence-electron chi connectivity index (χ0n) is 7.81. The van der Waals surface area contributed by atoms with Crippen LogP contribution in [-0.4, -0.2) is 3.23 Å². The number of hydrogen-bond acceptors (Lipinski definition) is 0. The SMILES string of the molecule is BrC1(Br)C2CCCCCC3CC3C21. The van der Waals surface area contributed by atoms with Gasteiger partial charge in [0.25, 0.3) is 0 Å². The van der Waals surface area contributed by atoms with Gasteiger partial charge < -0.3 is 0 Å². The van der Waals surface area contributed by atoms with Crippen molar-refractivity contribution in [2.24, 2.45) is 23.7 Å². The topological polar surface area (TPSA) is 0 Å². The maximum absolute atomic E-state index is 3.86. The Hall–Kier alpha value is 0.960. The van der Waals surface area contributed by atoms with Crippen LogP contribution in [0.15, 0.2) is 0 Å². The van der Waals surface area contributed by atoms with E-state index in [2.05, 4.69) is 31.9 Å². The molecular weight excluding hydrogens is 292 g/mol. The van der Waals surface area contributed by atoms with E-state index in [1.807, 2.05) is 0 Å². The van der Waals surface area contributed by atoms with Gasteiger partial charge in [-0.15, -0.1) is 0 Å². The number of hydrogen-bond donors (Lipinski definition) is 0. The van der Waals surface area contributed by atoms with Gasteiger partial charge in [0, 0.05) is 0 Å². The van der Waals surface area contributed by atoms with Gasteiger partial charge in [-0.25, -0.2) is 0 Å². The third-order valence-corrected chi connectivity index (χ3v) is 6.53. The van der Waals surface area contributed by atoms with E-state index in [-0.39, 0.29) is 0 Å². The zero-order valence-corrected chi connectivity index (χ0v) is 11.0. The lowest BCUT2D eigenvalue weighted by Crippen LogP contribution is -1.93. The molecule has 13 heavy (non-hydrogen) atoms. The lowest BCUT2D eigenvalue weighted by atomic mass is 10.1. The van der Waals surface area contributed by atoms with Gasteiger partial charge in [-0.3, -0.25) is 0 Å². The highest BCUT2D eigenvalue weighted by Gasteiger charge is 2.68. The fourth-order valence-corrected chi connectivity index (χ4v) is 5.44. The van der Waals surface area contributed by atoms with E-state index in [4.69, 9.17) is 0 Å². The Morgan fingerprint density at radius 3 is 2.62 bits per heavy atom. The molecule has 0 spiro atoms.